The first-order valence-corrected chi connectivity index (χ1v) is 14.5. The van der Waals surface area contributed by atoms with E-state index >= 15 is 0 Å². The molecule has 5 aromatic rings. The first-order valence-electron chi connectivity index (χ1n) is 14.5. The third-order valence-electron chi connectivity index (χ3n) is 7.84. The number of hydrogen-bond acceptors (Lipinski definition) is 5. The monoisotopic (exact) mass is 567 g/mol. The average Bonchev–Trinajstić information content (AvgIpc) is 3.57. The van der Waals surface area contributed by atoms with E-state index in [1.54, 1.807) is 33.2 Å². The van der Waals surface area contributed by atoms with E-state index in [4.69, 9.17) is 9.84 Å². The van der Waals surface area contributed by atoms with E-state index in [2.05, 4.69) is 10.3 Å². The maximum Gasteiger partial charge on any atom is 0.274 e. The van der Waals surface area contributed by atoms with E-state index in [1.165, 1.54) is 4.57 Å². The second kappa shape index (κ2) is 10.2. The largest absolute Gasteiger partial charge is 0.456 e. The number of rotatable bonds is 8. The smallest absolute Gasteiger partial charge is 0.274 e. The minimum atomic E-state index is -0.973. The number of aromatic nitrogens is 4. The maximum atomic E-state index is 13.2. The van der Waals surface area contributed by atoms with E-state index in [9.17, 15) is 14.7 Å². The molecule has 1 fully saturated rings. The van der Waals surface area contributed by atoms with Crippen molar-refractivity contribution in [3.8, 4) is 22.6 Å². The number of hydrogen-bond donors (Lipinski definition) is 3. The highest BCUT2D eigenvalue weighted by atomic mass is 16.5. The zero-order valence-corrected chi connectivity index (χ0v) is 25.0. The van der Waals surface area contributed by atoms with Crippen molar-refractivity contribution >= 4 is 27.7 Å². The maximum absolute atomic E-state index is 13.2. The fourth-order valence-corrected chi connectivity index (χ4v) is 5.66. The molecule has 0 saturated heterocycles. The van der Waals surface area contributed by atoms with Crippen molar-refractivity contribution in [3.63, 3.8) is 0 Å². The van der Waals surface area contributed by atoms with Crippen LogP contribution in [0, 0.1) is 13.8 Å². The van der Waals surface area contributed by atoms with E-state index in [0.717, 1.165) is 57.4 Å². The number of nitrogens with zero attached hydrogens (tertiary/aromatic N) is 3. The number of pyridine rings is 1. The van der Waals surface area contributed by atoms with Gasteiger partial charge >= 0.3 is 0 Å². The molecule has 42 heavy (non-hydrogen) atoms. The van der Waals surface area contributed by atoms with Crippen LogP contribution in [0.5, 0.6) is 11.5 Å². The summed E-state index contributed by atoms with van der Waals surface area (Å²) in [4.78, 5) is 29.0. The summed E-state index contributed by atoms with van der Waals surface area (Å²) >= 11 is 0. The lowest BCUT2D eigenvalue weighted by molar-refractivity contribution is 0.0590. The van der Waals surface area contributed by atoms with Gasteiger partial charge in [0.25, 0.3) is 11.5 Å². The molecule has 0 unspecified atom stereocenters. The highest BCUT2D eigenvalue weighted by Gasteiger charge is 2.31. The number of nitrogens with one attached hydrogen (secondary N) is 2. The molecule has 218 valence electrons. The van der Waals surface area contributed by atoms with Gasteiger partial charge in [-0.25, -0.2) is 0 Å². The molecule has 1 aliphatic carbocycles. The van der Waals surface area contributed by atoms with Gasteiger partial charge in [-0.05, 0) is 76.8 Å². The number of para-hydroxylation sites is 1. The molecule has 1 aliphatic rings. The molecule has 1 saturated carbocycles. The highest BCUT2D eigenvalue weighted by Crippen LogP contribution is 2.46. The van der Waals surface area contributed by atoms with Crippen molar-refractivity contribution in [2.45, 2.75) is 65.5 Å². The number of carbonyl (C=O) groups is 1. The van der Waals surface area contributed by atoms with Crippen molar-refractivity contribution in [1.82, 2.24) is 24.6 Å². The third kappa shape index (κ3) is 4.98. The van der Waals surface area contributed by atoms with Crippen molar-refractivity contribution in [2.24, 2.45) is 7.05 Å². The normalized spacial score (nSPS) is 13.7. The van der Waals surface area contributed by atoms with Crippen molar-refractivity contribution in [1.29, 1.82) is 0 Å². The summed E-state index contributed by atoms with van der Waals surface area (Å²) in [5.41, 5.74) is 4.86. The summed E-state index contributed by atoms with van der Waals surface area (Å²) in [6.07, 6.45) is 3.95. The molecule has 3 heterocycles. The predicted octanol–water partition coefficient (Wildman–Crippen LogP) is 5.69. The molecule has 3 N–H and O–H groups in total. The summed E-state index contributed by atoms with van der Waals surface area (Å²) in [6, 6.07) is 11.9. The minimum Gasteiger partial charge on any atom is -0.456 e. The third-order valence-corrected chi connectivity index (χ3v) is 7.84. The number of fused-ring (bicyclic) bond motifs is 2. The minimum absolute atomic E-state index is 0.231. The fraction of sp³-hybridized carbons (Fsp3) is 0.364. The number of aryl methyl sites for hydroxylation is 3. The zero-order chi connectivity index (χ0) is 29.9. The van der Waals surface area contributed by atoms with Gasteiger partial charge in [0.1, 0.15) is 22.7 Å². The number of aliphatic hydroxyl groups is 1. The molecule has 0 atom stereocenters. The van der Waals surface area contributed by atoms with Crippen LogP contribution in [-0.4, -0.2) is 42.5 Å². The Labute approximate surface area is 244 Å². The molecular weight excluding hydrogens is 530 g/mol. The number of benzene rings is 2. The number of amides is 1. The topological polar surface area (TPSA) is 114 Å². The van der Waals surface area contributed by atoms with Gasteiger partial charge in [-0.15, -0.1) is 0 Å². The lowest BCUT2D eigenvalue weighted by atomic mass is 9.99. The Bertz CT molecular complexity index is 1900. The SMILES string of the molecule is CCNC(=O)c1cc2c(-c3cc4c(cc3Oc3c(C)cccc3C)c(C3CC3)nn4CC(C)(C)O)cn(C)c(=O)c2[nH]1. The van der Waals surface area contributed by atoms with Crippen LogP contribution in [0.2, 0.25) is 0 Å². The molecule has 9 nitrogen and oxygen atoms in total. The van der Waals surface area contributed by atoms with Crippen molar-refractivity contribution in [3.05, 3.63) is 75.5 Å². The molecule has 0 aliphatic heterocycles. The molecule has 2 aromatic carbocycles. The average molecular weight is 568 g/mol. The van der Waals surface area contributed by atoms with Crippen LogP contribution in [0.3, 0.4) is 0 Å². The first kappa shape index (κ1) is 27.8. The van der Waals surface area contributed by atoms with E-state index in [1.807, 2.05) is 55.8 Å². The Morgan fingerprint density at radius 3 is 2.50 bits per heavy atom. The number of carbonyl (C=O) groups excluding carboxylic acids is 1. The van der Waals surface area contributed by atoms with Gasteiger partial charge in [-0.1, -0.05) is 18.2 Å². The molecule has 0 radical (unpaired) electrons. The van der Waals surface area contributed by atoms with Crippen LogP contribution in [0.4, 0.5) is 0 Å². The summed E-state index contributed by atoms with van der Waals surface area (Å²) in [6.45, 7) is 10.2. The Morgan fingerprint density at radius 1 is 1.14 bits per heavy atom. The lowest BCUT2D eigenvalue weighted by Crippen LogP contribution is -2.26. The van der Waals surface area contributed by atoms with Crippen LogP contribution in [0.15, 0.2) is 47.4 Å². The summed E-state index contributed by atoms with van der Waals surface area (Å²) in [7, 11) is 1.70. The zero-order valence-electron chi connectivity index (χ0n) is 25.0. The Morgan fingerprint density at radius 2 is 1.86 bits per heavy atom. The van der Waals surface area contributed by atoms with E-state index in [0.29, 0.717) is 41.4 Å². The number of ether oxygens (including phenoxy) is 1. The molecule has 9 heteroatoms. The van der Waals surface area contributed by atoms with Gasteiger partial charge in [-0.2, -0.15) is 5.10 Å². The van der Waals surface area contributed by atoms with Crippen LogP contribution in [0.1, 0.15) is 66.8 Å². The number of H-pyrrole nitrogens is 1. The predicted molar refractivity (Wildman–Crippen MR) is 165 cm³/mol. The van der Waals surface area contributed by atoms with E-state index in [-0.39, 0.29) is 11.5 Å². The fourth-order valence-electron chi connectivity index (χ4n) is 5.66. The molecule has 6 rings (SSSR count). The molecule has 3 aromatic heterocycles. The van der Waals surface area contributed by atoms with Gasteiger partial charge < -0.3 is 24.7 Å². The Hall–Kier alpha value is -4.37. The summed E-state index contributed by atoms with van der Waals surface area (Å²) in [5.74, 6) is 1.50. The van der Waals surface area contributed by atoms with Crippen LogP contribution >= 0.6 is 0 Å². The highest BCUT2D eigenvalue weighted by molar-refractivity contribution is 6.04. The van der Waals surface area contributed by atoms with Crippen molar-refractivity contribution in [2.75, 3.05) is 6.54 Å². The molecule has 0 bridgehead atoms. The van der Waals surface area contributed by atoms with Gasteiger partial charge in [0.05, 0.1) is 23.4 Å². The molecule has 0 spiro atoms. The summed E-state index contributed by atoms with van der Waals surface area (Å²) < 4.78 is 10.1. The number of aromatic amines is 1. The Balaban J connectivity index is 1.66. The van der Waals surface area contributed by atoms with Gasteiger partial charge in [0.2, 0.25) is 0 Å². The van der Waals surface area contributed by atoms with Crippen LogP contribution in [0.25, 0.3) is 32.9 Å². The quantitative estimate of drug-likeness (QED) is 0.223. The second-order valence-electron chi connectivity index (χ2n) is 12.1. The van der Waals surface area contributed by atoms with Crippen molar-refractivity contribution < 1.29 is 14.6 Å². The Kier molecular flexibility index (Phi) is 6.73. The first-order chi connectivity index (χ1) is 19.9. The molecule has 1 amide bonds. The van der Waals surface area contributed by atoms with Gasteiger partial charge in [0.15, 0.2) is 0 Å². The lowest BCUT2D eigenvalue weighted by Gasteiger charge is -2.19. The van der Waals surface area contributed by atoms with E-state index < -0.39 is 5.60 Å². The standard InChI is InChI=1S/C33H37N5O4/c1-7-34-31(39)25-13-22-24(16-37(6)32(40)29(22)35-25)21-14-26-23(15-27(21)42-30-18(2)9-8-10-19(30)3)28(20-11-12-20)36-38(26)17-33(4,5)41/h8-10,13-16,20,35,41H,7,11-12,17H2,1-6H3,(H,34,39). The second-order valence-corrected chi connectivity index (χ2v) is 12.1. The summed E-state index contributed by atoms with van der Waals surface area (Å²) in [5, 5.41) is 20.1. The van der Waals surface area contributed by atoms with Gasteiger partial charge in [-0.3, -0.25) is 14.3 Å². The van der Waals surface area contributed by atoms with Gasteiger partial charge in [0, 0.05) is 47.6 Å². The van der Waals surface area contributed by atoms with Crippen LogP contribution in [-0.2, 0) is 13.6 Å². The molecular formula is C33H37N5O4. The van der Waals surface area contributed by atoms with Crippen LogP contribution < -0.4 is 15.6 Å².